The van der Waals surface area contributed by atoms with Gasteiger partial charge >= 0.3 is 0 Å². The Bertz CT molecular complexity index is 862. The number of ether oxygens (including phenoxy) is 2. The van der Waals surface area contributed by atoms with Crippen molar-refractivity contribution in [3.05, 3.63) is 71.3 Å². The largest absolute Gasteiger partial charge is 0.383 e. The molecule has 2 fully saturated rings. The van der Waals surface area contributed by atoms with E-state index in [-0.39, 0.29) is 17.6 Å². The topological polar surface area (TPSA) is 42.0 Å². The third-order valence-electron chi connectivity index (χ3n) is 6.74. The van der Waals surface area contributed by atoms with Crippen molar-refractivity contribution in [2.45, 2.75) is 37.9 Å². The quantitative estimate of drug-likeness (QED) is 0.713. The van der Waals surface area contributed by atoms with Crippen LogP contribution in [0.4, 0.5) is 0 Å². The highest BCUT2D eigenvalue weighted by Gasteiger charge is 2.43. The Morgan fingerprint density at radius 2 is 1.81 bits per heavy atom. The van der Waals surface area contributed by atoms with Gasteiger partial charge in [0.1, 0.15) is 0 Å². The maximum absolute atomic E-state index is 12.9. The lowest BCUT2D eigenvalue weighted by atomic mass is 9.87. The van der Waals surface area contributed by atoms with E-state index in [2.05, 4.69) is 48.2 Å². The minimum Gasteiger partial charge on any atom is -0.383 e. The van der Waals surface area contributed by atoms with Gasteiger partial charge in [0.25, 0.3) is 0 Å². The van der Waals surface area contributed by atoms with Crippen molar-refractivity contribution in [1.82, 2.24) is 9.80 Å². The number of likely N-dealkylation sites (tertiary alicyclic amines) is 1. The lowest BCUT2D eigenvalue weighted by Crippen LogP contribution is -2.58. The first-order valence-electron chi connectivity index (χ1n) is 11.3. The monoisotopic (exact) mass is 422 g/mol. The van der Waals surface area contributed by atoms with Gasteiger partial charge in [-0.05, 0) is 36.5 Å². The Kier molecular flexibility index (Phi) is 7.06. The summed E-state index contributed by atoms with van der Waals surface area (Å²) in [6.07, 6.45) is 2.28. The van der Waals surface area contributed by atoms with Crippen molar-refractivity contribution in [2.75, 3.05) is 46.4 Å². The highest BCUT2D eigenvalue weighted by molar-refractivity contribution is 5.79. The first-order valence-corrected chi connectivity index (χ1v) is 11.3. The molecule has 5 nitrogen and oxygen atoms in total. The lowest BCUT2D eigenvalue weighted by Gasteiger charge is -2.50. The maximum Gasteiger partial charge on any atom is 0.227 e. The van der Waals surface area contributed by atoms with Crippen molar-refractivity contribution >= 4 is 5.91 Å². The highest BCUT2D eigenvalue weighted by Crippen LogP contribution is 2.37. The van der Waals surface area contributed by atoms with Gasteiger partial charge in [0.15, 0.2) is 0 Å². The number of amides is 1. The van der Waals surface area contributed by atoms with E-state index in [1.54, 1.807) is 7.11 Å². The van der Waals surface area contributed by atoms with Gasteiger partial charge in [-0.15, -0.1) is 0 Å². The molecule has 5 heteroatoms. The fourth-order valence-electron chi connectivity index (χ4n) is 4.84. The average molecular weight is 423 g/mol. The number of aryl methyl sites for hydroxylation is 1. The van der Waals surface area contributed by atoms with Gasteiger partial charge in [-0.25, -0.2) is 0 Å². The predicted molar refractivity (Wildman–Crippen MR) is 122 cm³/mol. The molecule has 0 radical (unpaired) electrons. The number of carbonyl (C=O) groups is 1. The summed E-state index contributed by atoms with van der Waals surface area (Å²) < 4.78 is 12.1. The van der Waals surface area contributed by atoms with Crippen LogP contribution in [0, 0.1) is 6.92 Å². The molecule has 0 aromatic heterocycles. The SMILES string of the molecule is COCCN1C[C@H](c2ccccc2)OC2(CCN(C(=O)Cc3ccccc3C)CC2)C1. The van der Waals surface area contributed by atoms with Gasteiger partial charge in [0.05, 0.1) is 24.7 Å². The van der Waals surface area contributed by atoms with Gasteiger partial charge < -0.3 is 14.4 Å². The number of rotatable bonds is 6. The summed E-state index contributed by atoms with van der Waals surface area (Å²) in [5.74, 6) is 0.218. The zero-order valence-electron chi connectivity index (χ0n) is 18.8. The molecule has 2 aliphatic heterocycles. The Balaban J connectivity index is 1.42. The molecule has 0 unspecified atom stereocenters. The molecule has 0 aliphatic carbocycles. The van der Waals surface area contributed by atoms with Crippen LogP contribution in [-0.2, 0) is 20.7 Å². The molecule has 0 N–H and O–H groups in total. The van der Waals surface area contributed by atoms with Gasteiger partial charge in [0, 0.05) is 39.8 Å². The summed E-state index contributed by atoms with van der Waals surface area (Å²) in [4.78, 5) is 17.4. The number of morpholine rings is 1. The van der Waals surface area contributed by atoms with Gasteiger partial charge in [-0.3, -0.25) is 9.69 Å². The van der Waals surface area contributed by atoms with E-state index < -0.39 is 0 Å². The molecule has 2 saturated heterocycles. The van der Waals surface area contributed by atoms with Crippen LogP contribution < -0.4 is 0 Å². The molecule has 31 heavy (non-hydrogen) atoms. The number of benzene rings is 2. The molecule has 0 saturated carbocycles. The van der Waals surface area contributed by atoms with Crippen molar-refractivity contribution in [1.29, 1.82) is 0 Å². The summed E-state index contributed by atoms with van der Waals surface area (Å²) in [5.41, 5.74) is 3.32. The van der Waals surface area contributed by atoms with Crippen molar-refractivity contribution < 1.29 is 14.3 Å². The molecule has 1 atom stereocenters. The minimum absolute atomic E-state index is 0.0565. The average Bonchev–Trinajstić information content (AvgIpc) is 2.80. The number of carbonyl (C=O) groups excluding carboxylic acids is 1. The lowest BCUT2D eigenvalue weighted by molar-refractivity contribution is -0.181. The summed E-state index contributed by atoms with van der Waals surface area (Å²) in [6.45, 7) is 6.99. The Morgan fingerprint density at radius 3 is 2.52 bits per heavy atom. The minimum atomic E-state index is -0.202. The molecule has 2 aromatic carbocycles. The van der Waals surface area contributed by atoms with Gasteiger partial charge in [-0.2, -0.15) is 0 Å². The van der Waals surface area contributed by atoms with Gasteiger partial charge in [-0.1, -0.05) is 54.6 Å². The van der Waals surface area contributed by atoms with Crippen LogP contribution in [0.3, 0.4) is 0 Å². The number of hydrogen-bond acceptors (Lipinski definition) is 4. The molecule has 1 spiro atoms. The van der Waals surface area contributed by atoms with Gasteiger partial charge in [0.2, 0.25) is 5.91 Å². The Morgan fingerprint density at radius 1 is 1.10 bits per heavy atom. The zero-order chi connectivity index (χ0) is 21.7. The number of methoxy groups -OCH3 is 1. The fraction of sp³-hybridized carbons (Fsp3) is 0.500. The second-order valence-corrected chi connectivity index (χ2v) is 8.91. The van der Waals surface area contributed by atoms with E-state index in [0.717, 1.165) is 57.7 Å². The molecule has 4 rings (SSSR count). The van der Waals surface area contributed by atoms with E-state index in [9.17, 15) is 4.79 Å². The molecule has 2 heterocycles. The molecule has 2 aliphatic rings. The number of piperidine rings is 1. The van der Waals surface area contributed by atoms with E-state index in [4.69, 9.17) is 9.47 Å². The first-order chi connectivity index (χ1) is 15.1. The van der Waals surface area contributed by atoms with Crippen LogP contribution in [0.25, 0.3) is 0 Å². The highest BCUT2D eigenvalue weighted by atomic mass is 16.5. The van der Waals surface area contributed by atoms with Crippen LogP contribution in [0.1, 0.15) is 35.6 Å². The van der Waals surface area contributed by atoms with E-state index in [1.807, 2.05) is 23.1 Å². The van der Waals surface area contributed by atoms with Crippen LogP contribution in [0.15, 0.2) is 54.6 Å². The third-order valence-corrected chi connectivity index (χ3v) is 6.74. The molecule has 2 aromatic rings. The normalized spacial score (nSPS) is 21.4. The Labute approximate surface area is 185 Å². The number of nitrogens with zero attached hydrogens (tertiary/aromatic N) is 2. The van der Waals surface area contributed by atoms with Crippen LogP contribution in [0.2, 0.25) is 0 Å². The second-order valence-electron chi connectivity index (χ2n) is 8.91. The zero-order valence-corrected chi connectivity index (χ0v) is 18.8. The molecule has 0 bridgehead atoms. The number of hydrogen-bond donors (Lipinski definition) is 0. The smallest absolute Gasteiger partial charge is 0.227 e. The van der Waals surface area contributed by atoms with Crippen molar-refractivity contribution in [3.8, 4) is 0 Å². The van der Waals surface area contributed by atoms with E-state index in [0.29, 0.717) is 6.42 Å². The second kappa shape index (κ2) is 9.94. The molecule has 166 valence electrons. The predicted octanol–water partition coefficient (Wildman–Crippen LogP) is 3.62. The van der Waals surface area contributed by atoms with E-state index in [1.165, 1.54) is 11.1 Å². The Hall–Kier alpha value is -2.21. The van der Waals surface area contributed by atoms with Crippen molar-refractivity contribution in [3.63, 3.8) is 0 Å². The summed E-state index contributed by atoms with van der Waals surface area (Å²) in [6, 6.07) is 18.7. The fourth-order valence-corrected chi connectivity index (χ4v) is 4.84. The van der Waals surface area contributed by atoms with Crippen LogP contribution in [-0.4, -0.2) is 67.7 Å². The summed E-state index contributed by atoms with van der Waals surface area (Å²) >= 11 is 0. The standard InChI is InChI=1S/C26H34N2O3/c1-21-8-6-7-11-23(21)18-25(29)28-14-12-26(13-15-28)20-27(16-17-30-2)19-24(31-26)22-9-4-3-5-10-22/h3-11,24H,12-20H2,1-2H3/t24-/m1/s1. The summed E-state index contributed by atoms with van der Waals surface area (Å²) in [7, 11) is 1.75. The maximum atomic E-state index is 12.9. The van der Waals surface area contributed by atoms with Crippen LogP contribution in [0.5, 0.6) is 0 Å². The third kappa shape index (κ3) is 5.35. The van der Waals surface area contributed by atoms with E-state index >= 15 is 0 Å². The van der Waals surface area contributed by atoms with Crippen LogP contribution >= 0.6 is 0 Å². The first kappa shape index (κ1) is 22.0. The molecule has 1 amide bonds. The molecular weight excluding hydrogens is 388 g/mol. The summed E-state index contributed by atoms with van der Waals surface area (Å²) in [5, 5.41) is 0. The molecular formula is C26H34N2O3. The van der Waals surface area contributed by atoms with Crippen molar-refractivity contribution in [2.24, 2.45) is 0 Å².